The molecule has 0 aliphatic heterocycles. The number of carbonyl (C=O) groups excluding carboxylic acids is 1. The van der Waals surface area contributed by atoms with Crippen LogP contribution in [0.25, 0.3) is 0 Å². The molecule has 4 heteroatoms. The minimum absolute atomic E-state index is 0.181. The van der Waals surface area contributed by atoms with Crippen molar-refractivity contribution < 1.29 is 14.6 Å². The van der Waals surface area contributed by atoms with E-state index in [1.165, 1.54) is 0 Å². The zero-order chi connectivity index (χ0) is 12.7. The lowest BCUT2D eigenvalue weighted by molar-refractivity contribution is -0.156. The van der Waals surface area contributed by atoms with Crippen LogP contribution in [0, 0.1) is 5.92 Å². The number of esters is 1. The molecule has 1 aromatic rings. The van der Waals surface area contributed by atoms with Crippen LogP contribution in [0.1, 0.15) is 19.4 Å². The van der Waals surface area contributed by atoms with Crippen LogP contribution >= 0.6 is 0 Å². The lowest BCUT2D eigenvalue weighted by Crippen LogP contribution is -2.39. The molecule has 1 atom stereocenters. The smallest absolute Gasteiger partial charge is 0.350 e. The molecule has 0 aliphatic rings. The van der Waals surface area contributed by atoms with Crippen molar-refractivity contribution in [3.63, 3.8) is 0 Å². The largest absolute Gasteiger partial charge is 0.458 e. The molecular weight excluding hydrogens is 218 g/mol. The Balaban J connectivity index is 2.29. The highest BCUT2D eigenvalue weighted by atomic mass is 16.5. The molecule has 1 rings (SSSR count). The second kappa shape index (κ2) is 7.04. The summed E-state index contributed by atoms with van der Waals surface area (Å²) in [6.45, 7) is 4.74. The van der Waals surface area contributed by atoms with Crippen molar-refractivity contribution in [1.29, 1.82) is 0 Å². The Kier molecular flexibility index (Phi) is 5.66. The monoisotopic (exact) mass is 237 g/mol. The molecule has 1 unspecified atom stereocenters. The van der Waals surface area contributed by atoms with Gasteiger partial charge in [0.1, 0.15) is 6.61 Å². The third kappa shape index (κ3) is 5.47. The van der Waals surface area contributed by atoms with Gasteiger partial charge in [0.25, 0.3) is 0 Å². The van der Waals surface area contributed by atoms with Gasteiger partial charge < -0.3 is 9.84 Å². The SMILES string of the molecule is CC(C)CNC(O)C(=O)OCc1ccccc1. The fraction of sp³-hybridized carbons (Fsp3) is 0.462. The van der Waals surface area contributed by atoms with Gasteiger partial charge in [-0.15, -0.1) is 0 Å². The third-order valence-electron chi connectivity index (χ3n) is 2.17. The lowest BCUT2D eigenvalue weighted by atomic mass is 10.2. The number of nitrogens with one attached hydrogen (secondary N) is 1. The van der Waals surface area contributed by atoms with Crippen molar-refractivity contribution in [2.75, 3.05) is 6.54 Å². The number of hydrogen-bond acceptors (Lipinski definition) is 4. The molecule has 0 spiro atoms. The molecule has 0 radical (unpaired) electrons. The molecule has 0 aliphatic carbocycles. The summed E-state index contributed by atoms with van der Waals surface area (Å²) in [6, 6.07) is 9.36. The quantitative estimate of drug-likeness (QED) is 0.578. The average molecular weight is 237 g/mol. The average Bonchev–Trinajstić information content (AvgIpc) is 2.34. The summed E-state index contributed by atoms with van der Waals surface area (Å²) in [5, 5.41) is 12.2. The minimum atomic E-state index is -1.25. The van der Waals surface area contributed by atoms with E-state index < -0.39 is 12.2 Å². The molecule has 1 aromatic carbocycles. The van der Waals surface area contributed by atoms with Gasteiger partial charge in [0.15, 0.2) is 0 Å². The molecule has 0 aromatic heterocycles. The van der Waals surface area contributed by atoms with E-state index in [0.717, 1.165) is 5.56 Å². The number of hydrogen-bond donors (Lipinski definition) is 2. The van der Waals surface area contributed by atoms with Gasteiger partial charge in [0.2, 0.25) is 6.23 Å². The Morgan fingerprint density at radius 2 is 2.00 bits per heavy atom. The van der Waals surface area contributed by atoms with Crippen LogP contribution in [0.5, 0.6) is 0 Å². The van der Waals surface area contributed by atoms with Crippen molar-refractivity contribution in [3.8, 4) is 0 Å². The number of benzene rings is 1. The van der Waals surface area contributed by atoms with E-state index >= 15 is 0 Å². The van der Waals surface area contributed by atoms with Gasteiger partial charge in [-0.2, -0.15) is 0 Å². The van der Waals surface area contributed by atoms with Crippen LogP contribution in [-0.2, 0) is 16.1 Å². The maximum atomic E-state index is 11.4. The van der Waals surface area contributed by atoms with Gasteiger partial charge in [-0.25, -0.2) is 4.79 Å². The molecular formula is C13H19NO3. The highest BCUT2D eigenvalue weighted by Crippen LogP contribution is 2.01. The summed E-state index contributed by atoms with van der Waals surface area (Å²) >= 11 is 0. The van der Waals surface area contributed by atoms with E-state index in [1.807, 2.05) is 44.2 Å². The van der Waals surface area contributed by atoms with Crippen LogP contribution in [0.15, 0.2) is 30.3 Å². The van der Waals surface area contributed by atoms with Crippen molar-refractivity contribution >= 4 is 5.97 Å². The Hall–Kier alpha value is -1.39. The second-order valence-electron chi connectivity index (χ2n) is 4.30. The zero-order valence-corrected chi connectivity index (χ0v) is 10.2. The standard InChI is InChI=1S/C13H19NO3/c1-10(2)8-14-12(15)13(16)17-9-11-6-4-3-5-7-11/h3-7,10,12,14-15H,8-9H2,1-2H3. The molecule has 0 heterocycles. The lowest BCUT2D eigenvalue weighted by Gasteiger charge is -2.13. The van der Waals surface area contributed by atoms with Crippen LogP contribution in [-0.4, -0.2) is 23.8 Å². The van der Waals surface area contributed by atoms with Crippen LogP contribution in [0.4, 0.5) is 0 Å². The minimum Gasteiger partial charge on any atom is -0.458 e. The molecule has 2 N–H and O–H groups in total. The summed E-state index contributed by atoms with van der Waals surface area (Å²) in [4.78, 5) is 11.4. The van der Waals surface area contributed by atoms with Crippen LogP contribution in [0.3, 0.4) is 0 Å². The van der Waals surface area contributed by atoms with E-state index in [4.69, 9.17) is 4.74 Å². The van der Waals surface area contributed by atoms with E-state index in [9.17, 15) is 9.90 Å². The van der Waals surface area contributed by atoms with Gasteiger partial charge >= 0.3 is 5.97 Å². The van der Waals surface area contributed by atoms with Crippen molar-refractivity contribution in [2.45, 2.75) is 26.7 Å². The number of aliphatic hydroxyl groups excluding tert-OH is 1. The Labute approximate surface area is 102 Å². The van der Waals surface area contributed by atoms with Gasteiger partial charge in [-0.1, -0.05) is 44.2 Å². The van der Waals surface area contributed by atoms with Gasteiger partial charge in [0.05, 0.1) is 0 Å². The fourth-order valence-corrected chi connectivity index (χ4v) is 1.24. The maximum Gasteiger partial charge on any atom is 0.350 e. The van der Waals surface area contributed by atoms with Crippen LogP contribution in [0.2, 0.25) is 0 Å². The summed E-state index contributed by atoms with van der Waals surface area (Å²) in [5.74, 6) is -0.277. The molecule has 0 saturated carbocycles. The zero-order valence-electron chi connectivity index (χ0n) is 10.2. The third-order valence-corrected chi connectivity index (χ3v) is 2.17. The van der Waals surface area contributed by atoms with Crippen molar-refractivity contribution in [2.24, 2.45) is 5.92 Å². The molecule has 94 valence electrons. The predicted octanol–water partition coefficient (Wildman–Crippen LogP) is 1.29. The van der Waals surface area contributed by atoms with Crippen molar-refractivity contribution in [3.05, 3.63) is 35.9 Å². The highest BCUT2D eigenvalue weighted by Gasteiger charge is 2.15. The summed E-state index contributed by atoms with van der Waals surface area (Å²) in [7, 11) is 0. The summed E-state index contributed by atoms with van der Waals surface area (Å²) in [5.41, 5.74) is 0.900. The Bertz CT molecular complexity index is 338. The van der Waals surface area contributed by atoms with E-state index in [1.54, 1.807) is 0 Å². The first-order valence-corrected chi connectivity index (χ1v) is 5.71. The first kappa shape index (κ1) is 13.7. The molecule has 0 saturated heterocycles. The number of carbonyl (C=O) groups is 1. The molecule has 17 heavy (non-hydrogen) atoms. The van der Waals surface area contributed by atoms with Crippen LogP contribution < -0.4 is 5.32 Å². The molecule has 0 bridgehead atoms. The summed E-state index contributed by atoms with van der Waals surface area (Å²) < 4.78 is 4.97. The highest BCUT2D eigenvalue weighted by molar-refractivity contribution is 5.73. The molecule has 4 nitrogen and oxygen atoms in total. The molecule has 0 amide bonds. The number of rotatable bonds is 6. The predicted molar refractivity (Wildman–Crippen MR) is 65.1 cm³/mol. The topological polar surface area (TPSA) is 58.6 Å². The second-order valence-corrected chi connectivity index (χ2v) is 4.30. The fourth-order valence-electron chi connectivity index (χ4n) is 1.24. The van der Waals surface area contributed by atoms with Gasteiger partial charge in [-0.05, 0) is 11.5 Å². The van der Waals surface area contributed by atoms with E-state index in [0.29, 0.717) is 12.5 Å². The first-order chi connectivity index (χ1) is 8.09. The van der Waals surface area contributed by atoms with Gasteiger partial charge in [0, 0.05) is 6.54 Å². The van der Waals surface area contributed by atoms with E-state index in [2.05, 4.69) is 5.32 Å². The Morgan fingerprint density at radius 3 is 2.59 bits per heavy atom. The van der Waals surface area contributed by atoms with Crippen molar-refractivity contribution in [1.82, 2.24) is 5.32 Å². The van der Waals surface area contributed by atoms with Gasteiger partial charge in [-0.3, -0.25) is 5.32 Å². The summed E-state index contributed by atoms with van der Waals surface area (Å²) in [6.07, 6.45) is -1.25. The Morgan fingerprint density at radius 1 is 1.35 bits per heavy atom. The first-order valence-electron chi connectivity index (χ1n) is 5.71. The maximum absolute atomic E-state index is 11.4. The number of ether oxygens (including phenoxy) is 1. The normalized spacial score (nSPS) is 12.5. The molecule has 0 fully saturated rings. The number of aliphatic hydroxyl groups is 1. The van der Waals surface area contributed by atoms with E-state index in [-0.39, 0.29) is 6.61 Å².